The molecular weight excluding hydrogens is 312 g/mol. The summed E-state index contributed by atoms with van der Waals surface area (Å²) < 4.78 is 0. The van der Waals surface area contributed by atoms with Crippen molar-refractivity contribution in [2.45, 2.75) is 12.8 Å². The Hall–Kier alpha value is -2.34. The maximum atomic E-state index is 12.3. The zero-order valence-electron chi connectivity index (χ0n) is 12.6. The number of nitrogens with zero attached hydrogens (tertiary/aromatic N) is 1. The Morgan fingerprint density at radius 3 is 2.43 bits per heavy atom. The lowest BCUT2D eigenvalue weighted by Gasteiger charge is -2.31. The standard InChI is InChI=1S/C17H18N2O3S/c20-14-5-3-13(4-6-14)18-16(21)12-7-9-19(10-8-12)17(22)15-2-1-11-23-15/h1-6,11-12,20H,7-10H2,(H,18,21). The summed E-state index contributed by atoms with van der Waals surface area (Å²) in [6.45, 7) is 1.20. The molecule has 0 spiro atoms. The number of phenols is 1. The molecule has 0 radical (unpaired) electrons. The van der Waals surface area contributed by atoms with E-state index in [9.17, 15) is 14.7 Å². The topological polar surface area (TPSA) is 69.6 Å². The van der Waals surface area contributed by atoms with Crippen LogP contribution < -0.4 is 5.32 Å². The van der Waals surface area contributed by atoms with Crippen LogP contribution >= 0.6 is 11.3 Å². The normalized spacial score (nSPS) is 15.4. The zero-order valence-corrected chi connectivity index (χ0v) is 13.4. The van der Waals surface area contributed by atoms with E-state index in [0.717, 1.165) is 4.88 Å². The van der Waals surface area contributed by atoms with Crippen LogP contribution in [0.2, 0.25) is 0 Å². The predicted molar refractivity (Wildman–Crippen MR) is 89.7 cm³/mol. The van der Waals surface area contributed by atoms with Gasteiger partial charge in [0, 0.05) is 24.7 Å². The van der Waals surface area contributed by atoms with Gasteiger partial charge in [0.2, 0.25) is 5.91 Å². The van der Waals surface area contributed by atoms with E-state index in [4.69, 9.17) is 0 Å². The highest BCUT2D eigenvalue weighted by Gasteiger charge is 2.28. The Morgan fingerprint density at radius 2 is 1.83 bits per heavy atom. The summed E-state index contributed by atoms with van der Waals surface area (Å²) in [5, 5.41) is 14.0. The van der Waals surface area contributed by atoms with E-state index in [0.29, 0.717) is 31.6 Å². The van der Waals surface area contributed by atoms with Crippen molar-refractivity contribution in [3.8, 4) is 5.75 Å². The van der Waals surface area contributed by atoms with Crippen LogP contribution in [-0.4, -0.2) is 34.9 Å². The molecule has 2 heterocycles. The summed E-state index contributed by atoms with van der Waals surface area (Å²) in [7, 11) is 0. The van der Waals surface area contributed by atoms with Gasteiger partial charge in [-0.3, -0.25) is 9.59 Å². The number of piperidine rings is 1. The lowest BCUT2D eigenvalue weighted by atomic mass is 9.95. The first-order valence-corrected chi connectivity index (χ1v) is 8.44. The third-order valence-electron chi connectivity index (χ3n) is 4.02. The van der Waals surface area contributed by atoms with Crippen molar-refractivity contribution >= 4 is 28.8 Å². The van der Waals surface area contributed by atoms with Crippen LogP contribution in [0.25, 0.3) is 0 Å². The molecule has 120 valence electrons. The molecule has 1 aromatic carbocycles. The van der Waals surface area contributed by atoms with Crippen molar-refractivity contribution in [3.05, 3.63) is 46.7 Å². The lowest BCUT2D eigenvalue weighted by Crippen LogP contribution is -2.41. The van der Waals surface area contributed by atoms with Crippen LogP contribution in [-0.2, 0) is 4.79 Å². The summed E-state index contributed by atoms with van der Waals surface area (Å²) in [4.78, 5) is 27.1. The van der Waals surface area contributed by atoms with Gasteiger partial charge in [-0.2, -0.15) is 0 Å². The zero-order chi connectivity index (χ0) is 16.2. The number of carbonyl (C=O) groups is 2. The van der Waals surface area contributed by atoms with Gasteiger partial charge in [0.05, 0.1) is 4.88 Å². The summed E-state index contributed by atoms with van der Waals surface area (Å²) in [6.07, 6.45) is 1.34. The molecule has 2 amide bonds. The minimum atomic E-state index is -0.0869. The number of anilines is 1. The van der Waals surface area contributed by atoms with Gasteiger partial charge in [0.25, 0.3) is 5.91 Å². The van der Waals surface area contributed by atoms with Gasteiger partial charge in [0.1, 0.15) is 5.75 Å². The molecule has 0 atom stereocenters. The second-order valence-corrected chi connectivity index (χ2v) is 6.53. The van der Waals surface area contributed by atoms with Crippen LogP contribution in [0.3, 0.4) is 0 Å². The summed E-state index contributed by atoms with van der Waals surface area (Å²) in [5.41, 5.74) is 0.671. The smallest absolute Gasteiger partial charge is 0.263 e. The third kappa shape index (κ3) is 3.71. The molecule has 1 saturated heterocycles. The number of phenolic OH excluding ortho intramolecular Hbond substituents is 1. The van der Waals surface area contributed by atoms with Gasteiger partial charge in [0.15, 0.2) is 0 Å². The number of hydrogen-bond acceptors (Lipinski definition) is 4. The van der Waals surface area contributed by atoms with E-state index < -0.39 is 0 Å². The second kappa shape index (κ2) is 6.83. The first kappa shape index (κ1) is 15.6. The molecule has 0 aliphatic carbocycles. The van der Waals surface area contributed by atoms with Crippen LogP contribution in [0.4, 0.5) is 5.69 Å². The number of benzene rings is 1. The molecule has 1 aromatic heterocycles. The molecule has 0 saturated carbocycles. The fourth-order valence-corrected chi connectivity index (χ4v) is 3.38. The first-order valence-electron chi connectivity index (χ1n) is 7.56. The molecule has 6 heteroatoms. The SMILES string of the molecule is O=C(Nc1ccc(O)cc1)C1CCN(C(=O)c2cccs2)CC1. The Bertz CT molecular complexity index is 674. The van der Waals surface area contributed by atoms with Crippen molar-refractivity contribution in [2.24, 2.45) is 5.92 Å². The van der Waals surface area contributed by atoms with Crippen molar-refractivity contribution in [1.82, 2.24) is 4.90 Å². The molecule has 23 heavy (non-hydrogen) atoms. The van der Waals surface area contributed by atoms with Crippen molar-refractivity contribution in [1.29, 1.82) is 0 Å². The van der Waals surface area contributed by atoms with Crippen molar-refractivity contribution in [2.75, 3.05) is 18.4 Å². The fourth-order valence-electron chi connectivity index (χ4n) is 2.69. The van der Waals surface area contributed by atoms with Crippen molar-refractivity contribution in [3.63, 3.8) is 0 Å². The van der Waals surface area contributed by atoms with Crippen LogP contribution in [0, 0.1) is 5.92 Å². The molecule has 2 aromatic rings. The molecule has 1 fully saturated rings. The maximum Gasteiger partial charge on any atom is 0.263 e. The van der Waals surface area contributed by atoms with Gasteiger partial charge in [-0.1, -0.05) is 6.07 Å². The average molecular weight is 330 g/mol. The summed E-state index contributed by atoms with van der Waals surface area (Å²) in [5.74, 6) is 0.107. The van der Waals surface area contributed by atoms with E-state index in [1.165, 1.54) is 23.5 Å². The highest BCUT2D eigenvalue weighted by atomic mass is 32.1. The molecule has 1 aliphatic rings. The number of nitrogens with one attached hydrogen (secondary N) is 1. The molecule has 0 unspecified atom stereocenters. The first-order chi connectivity index (χ1) is 11.1. The Kier molecular flexibility index (Phi) is 4.62. The quantitative estimate of drug-likeness (QED) is 0.850. The van der Waals surface area contributed by atoms with Crippen LogP contribution in [0.15, 0.2) is 41.8 Å². The number of hydrogen-bond donors (Lipinski definition) is 2. The highest BCUT2D eigenvalue weighted by molar-refractivity contribution is 7.12. The van der Waals surface area contributed by atoms with Gasteiger partial charge in [-0.15, -0.1) is 11.3 Å². The monoisotopic (exact) mass is 330 g/mol. The molecular formula is C17H18N2O3S. The van der Waals surface area contributed by atoms with E-state index >= 15 is 0 Å². The lowest BCUT2D eigenvalue weighted by molar-refractivity contribution is -0.121. The number of likely N-dealkylation sites (tertiary alicyclic amines) is 1. The second-order valence-electron chi connectivity index (χ2n) is 5.58. The predicted octanol–water partition coefficient (Wildman–Crippen LogP) is 2.94. The van der Waals surface area contributed by atoms with E-state index in [1.54, 1.807) is 12.1 Å². The van der Waals surface area contributed by atoms with Gasteiger partial charge in [-0.05, 0) is 48.6 Å². The number of aromatic hydroxyl groups is 1. The van der Waals surface area contributed by atoms with Crippen LogP contribution in [0.5, 0.6) is 5.75 Å². The van der Waals surface area contributed by atoms with E-state index in [1.807, 2.05) is 22.4 Å². The third-order valence-corrected chi connectivity index (χ3v) is 4.88. The Balaban J connectivity index is 1.53. The highest BCUT2D eigenvalue weighted by Crippen LogP contribution is 2.22. The molecule has 3 rings (SSSR count). The number of rotatable bonds is 3. The van der Waals surface area contributed by atoms with Crippen molar-refractivity contribution < 1.29 is 14.7 Å². The minimum absolute atomic E-state index is 0.0288. The number of thiophene rings is 1. The van der Waals surface area contributed by atoms with Gasteiger partial charge < -0.3 is 15.3 Å². The molecule has 1 aliphatic heterocycles. The fraction of sp³-hybridized carbons (Fsp3) is 0.294. The summed E-state index contributed by atoms with van der Waals surface area (Å²) in [6, 6.07) is 10.1. The molecule has 0 bridgehead atoms. The average Bonchev–Trinajstić information content (AvgIpc) is 3.11. The molecule has 5 nitrogen and oxygen atoms in total. The summed E-state index contributed by atoms with van der Waals surface area (Å²) >= 11 is 1.44. The number of carbonyl (C=O) groups excluding carboxylic acids is 2. The largest absolute Gasteiger partial charge is 0.508 e. The molecule has 2 N–H and O–H groups in total. The van der Waals surface area contributed by atoms with E-state index in [-0.39, 0.29) is 23.5 Å². The number of amides is 2. The van der Waals surface area contributed by atoms with Gasteiger partial charge >= 0.3 is 0 Å². The minimum Gasteiger partial charge on any atom is -0.508 e. The Labute approximate surface area is 138 Å². The van der Waals surface area contributed by atoms with Crippen LogP contribution in [0.1, 0.15) is 22.5 Å². The van der Waals surface area contributed by atoms with Gasteiger partial charge in [-0.25, -0.2) is 0 Å². The maximum absolute atomic E-state index is 12.3. The van der Waals surface area contributed by atoms with E-state index in [2.05, 4.69) is 5.32 Å². The Morgan fingerprint density at radius 1 is 1.13 bits per heavy atom.